The summed E-state index contributed by atoms with van der Waals surface area (Å²) < 4.78 is 8.68. The molecule has 0 aromatic carbocycles. The van der Waals surface area contributed by atoms with Gasteiger partial charge in [0.1, 0.15) is 0 Å². The van der Waals surface area contributed by atoms with Gasteiger partial charge in [-0.25, -0.2) is 0 Å². The first-order valence-corrected chi connectivity index (χ1v) is 9.34. The fraction of sp³-hybridized carbons (Fsp3) is 0.706. The third-order valence-electron chi connectivity index (χ3n) is 3.98. The summed E-state index contributed by atoms with van der Waals surface area (Å²) in [5.41, 5.74) is 1.18. The molecule has 1 aliphatic rings. The zero-order valence-corrected chi connectivity index (χ0v) is 16.4. The highest BCUT2D eigenvalue weighted by Crippen LogP contribution is 2.28. The standard InChI is InChI=1S/C17H29BrN4O2/c1-4-19-17(20-8-16(23)12-24-11-13-5-6-13)22(3)10-15-7-14(18)9-21(15)2/h7,9,13,16,23H,4-6,8,10-12H2,1-3H3,(H,19,20). The number of nitrogens with one attached hydrogen (secondary N) is 1. The van der Waals surface area contributed by atoms with E-state index in [1.54, 1.807) is 0 Å². The molecule has 0 spiro atoms. The number of aryl methyl sites for hydroxylation is 1. The normalized spacial score (nSPS) is 16.3. The van der Waals surface area contributed by atoms with Gasteiger partial charge in [0.05, 0.1) is 25.8 Å². The summed E-state index contributed by atoms with van der Waals surface area (Å²) in [5, 5.41) is 13.3. The summed E-state index contributed by atoms with van der Waals surface area (Å²) in [6.45, 7) is 5.03. The number of rotatable bonds is 9. The lowest BCUT2D eigenvalue weighted by atomic mass is 10.3. The lowest BCUT2D eigenvalue weighted by molar-refractivity contribution is 0.0367. The minimum absolute atomic E-state index is 0.341. The average molecular weight is 401 g/mol. The number of halogens is 1. The van der Waals surface area contributed by atoms with E-state index >= 15 is 0 Å². The molecule has 1 unspecified atom stereocenters. The second kappa shape index (κ2) is 9.44. The van der Waals surface area contributed by atoms with Gasteiger partial charge in [-0.05, 0) is 47.7 Å². The summed E-state index contributed by atoms with van der Waals surface area (Å²) in [7, 11) is 4.03. The van der Waals surface area contributed by atoms with Crippen LogP contribution in [0.5, 0.6) is 0 Å². The number of hydrogen-bond donors (Lipinski definition) is 2. The Bertz CT molecular complexity index is 543. The Morgan fingerprint density at radius 1 is 1.58 bits per heavy atom. The van der Waals surface area contributed by atoms with Crippen molar-refractivity contribution in [2.45, 2.75) is 32.4 Å². The topological polar surface area (TPSA) is 62.0 Å². The molecule has 1 aromatic heterocycles. The molecule has 6 nitrogen and oxygen atoms in total. The highest BCUT2D eigenvalue weighted by atomic mass is 79.9. The maximum Gasteiger partial charge on any atom is 0.194 e. The molecule has 2 N–H and O–H groups in total. The smallest absolute Gasteiger partial charge is 0.194 e. The van der Waals surface area contributed by atoms with E-state index < -0.39 is 6.10 Å². The number of aliphatic hydroxyl groups is 1. The van der Waals surface area contributed by atoms with Gasteiger partial charge in [-0.3, -0.25) is 4.99 Å². The monoisotopic (exact) mass is 400 g/mol. The van der Waals surface area contributed by atoms with Crippen molar-refractivity contribution < 1.29 is 9.84 Å². The zero-order chi connectivity index (χ0) is 17.5. The van der Waals surface area contributed by atoms with Gasteiger partial charge in [-0.1, -0.05) is 0 Å². The second-order valence-corrected chi connectivity index (χ2v) is 7.36. The molecule has 0 bridgehead atoms. The number of hydrogen-bond acceptors (Lipinski definition) is 3. The third-order valence-corrected chi connectivity index (χ3v) is 4.42. The van der Waals surface area contributed by atoms with E-state index in [9.17, 15) is 5.11 Å². The SMILES string of the molecule is CCNC(=NCC(O)COCC1CC1)N(C)Cc1cc(Br)cn1C. The minimum atomic E-state index is -0.560. The van der Waals surface area contributed by atoms with Gasteiger partial charge < -0.3 is 24.6 Å². The Hall–Kier alpha value is -1.05. The van der Waals surface area contributed by atoms with Crippen LogP contribution in [0.1, 0.15) is 25.5 Å². The van der Waals surface area contributed by atoms with Crippen LogP contribution >= 0.6 is 15.9 Å². The van der Waals surface area contributed by atoms with Crippen LogP contribution in [0.2, 0.25) is 0 Å². The van der Waals surface area contributed by atoms with Crippen LogP contribution in [0.4, 0.5) is 0 Å². The molecule has 0 aliphatic heterocycles. The fourth-order valence-corrected chi connectivity index (χ4v) is 2.98. The molecule has 1 saturated carbocycles. The van der Waals surface area contributed by atoms with Gasteiger partial charge in [0.15, 0.2) is 5.96 Å². The van der Waals surface area contributed by atoms with Crippen molar-refractivity contribution in [1.82, 2.24) is 14.8 Å². The minimum Gasteiger partial charge on any atom is -0.389 e. The van der Waals surface area contributed by atoms with Crippen molar-refractivity contribution in [3.8, 4) is 0 Å². The molecule has 0 saturated heterocycles. The highest BCUT2D eigenvalue weighted by Gasteiger charge is 2.21. The first kappa shape index (κ1) is 19.3. The van der Waals surface area contributed by atoms with Crippen molar-refractivity contribution in [2.24, 2.45) is 18.0 Å². The number of aliphatic hydroxyl groups excluding tert-OH is 1. The van der Waals surface area contributed by atoms with E-state index in [0.717, 1.165) is 30.1 Å². The number of aromatic nitrogens is 1. The maximum atomic E-state index is 10.0. The largest absolute Gasteiger partial charge is 0.389 e. The predicted molar refractivity (Wildman–Crippen MR) is 100 cm³/mol. The van der Waals surface area contributed by atoms with Crippen LogP contribution in [0.3, 0.4) is 0 Å². The maximum absolute atomic E-state index is 10.0. The van der Waals surface area contributed by atoms with E-state index in [0.29, 0.717) is 19.1 Å². The molecule has 0 amide bonds. The molecule has 24 heavy (non-hydrogen) atoms. The Balaban J connectivity index is 1.84. The number of nitrogens with zero attached hydrogens (tertiary/aromatic N) is 3. The fourth-order valence-electron chi connectivity index (χ4n) is 2.41. The summed E-state index contributed by atoms with van der Waals surface area (Å²) in [6, 6.07) is 2.10. The molecular weight excluding hydrogens is 372 g/mol. The molecule has 1 heterocycles. The van der Waals surface area contributed by atoms with E-state index in [1.165, 1.54) is 18.5 Å². The van der Waals surface area contributed by atoms with Gasteiger partial charge in [0, 0.05) is 43.6 Å². The van der Waals surface area contributed by atoms with Crippen LogP contribution in [0.15, 0.2) is 21.7 Å². The quantitative estimate of drug-likeness (QED) is 0.491. The predicted octanol–water partition coefficient (Wildman–Crippen LogP) is 1.97. The molecule has 2 rings (SSSR count). The van der Waals surface area contributed by atoms with Gasteiger partial charge in [0.2, 0.25) is 0 Å². The Labute approximate surface area is 153 Å². The van der Waals surface area contributed by atoms with Gasteiger partial charge in [-0.15, -0.1) is 0 Å². The second-order valence-electron chi connectivity index (χ2n) is 6.45. The summed E-state index contributed by atoms with van der Waals surface area (Å²) in [6.07, 6.45) is 4.00. The van der Waals surface area contributed by atoms with Crippen molar-refractivity contribution >= 4 is 21.9 Å². The number of aliphatic imine (C=N–C) groups is 1. The molecule has 1 aliphatic carbocycles. The Morgan fingerprint density at radius 3 is 2.92 bits per heavy atom. The summed E-state index contributed by atoms with van der Waals surface area (Å²) in [4.78, 5) is 6.60. The lowest BCUT2D eigenvalue weighted by Gasteiger charge is -2.22. The van der Waals surface area contributed by atoms with Crippen LogP contribution < -0.4 is 5.32 Å². The average Bonchev–Trinajstić information content (AvgIpc) is 3.29. The molecular formula is C17H29BrN4O2. The van der Waals surface area contributed by atoms with E-state index in [2.05, 4.69) is 41.8 Å². The first-order chi connectivity index (χ1) is 11.5. The van der Waals surface area contributed by atoms with Crippen molar-refractivity contribution in [3.63, 3.8) is 0 Å². The van der Waals surface area contributed by atoms with Crippen molar-refractivity contribution in [2.75, 3.05) is 33.4 Å². The van der Waals surface area contributed by atoms with Gasteiger partial charge in [-0.2, -0.15) is 0 Å². The molecule has 136 valence electrons. The van der Waals surface area contributed by atoms with Crippen LogP contribution in [0.25, 0.3) is 0 Å². The first-order valence-electron chi connectivity index (χ1n) is 8.55. The van der Waals surface area contributed by atoms with Crippen molar-refractivity contribution in [3.05, 3.63) is 22.4 Å². The van der Waals surface area contributed by atoms with Gasteiger partial charge >= 0.3 is 0 Å². The highest BCUT2D eigenvalue weighted by molar-refractivity contribution is 9.10. The Morgan fingerprint density at radius 2 is 2.33 bits per heavy atom. The molecule has 1 fully saturated rings. The van der Waals surface area contributed by atoms with Crippen LogP contribution in [-0.4, -0.2) is 60.0 Å². The Kier molecular flexibility index (Phi) is 7.58. The molecule has 7 heteroatoms. The number of guanidine groups is 1. The van der Waals surface area contributed by atoms with Crippen LogP contribution in [0, 0.1) is 5.92 Å². The summed E-state index contributed by atoms with van der Waals surface area (Å²) in [5.74, 6) is 1.50. The molecule has 0 radical (unpaired) electrons. The van der Waals surface area contributed by atoms with E-state index in [1.807, 2.05) is 27.2 Å². The van der Waals surface area contributed by atoms with Crippen LogP contribution in [-0.2, 0) is 18.3 Å². The molecule has 1 atom stereocenters. The zero-order valence-electron chi connectivity index (χ0n) is 14.8. The molecule has 1 aromatic rings. The summed E-state index contributed by atoms with van der Waals surface area (Å²) >= 11 is 3.50. The van der Waals surface area contributed by atoms with E-state index in [4.69, 9.17) is 4.74 Å². The lowest BCUT2D eigenvalue weighted by Crippen LogP contribution is -2.39. The van der Waals surface area contributed by atoms with Crippen molar-refractivity contribution in [1.29, 1.82) is 0 Å². The third kappa shape index (κ3) is 6.45. The number of ether oxygens (including phenoxy) is 1. The van der Waals surface area contributed by atoms with Gasteiger partial charge in [0.25, 0.3) is 0 Å². The van der Waals surface area contributed by atoms with E-state index in [-0.39, 0.29) is 0 Å².